The maximum absolute atomic E-state index is 13.1. The van der Waals surface area contributed by atoms with Crippen LogP contribution in [0.2, 0.25) is 0 Å². The number of rotatable bonds is 5. The third kappa shape index (κ3) is 3.84. The van der Waals surface area contributed by atoms with Crippen molar-refractivity contribution in [2.45, 2.75) is 25.3 Å². The number of primary amides is 1. The van der Waals surface area contributed by atoms with Gasteiger partial charge in [-0.15, -0.1) is 11.3 Å². The van der Waals surface area contributed by atoms with Crippen LogP contribution in [0.3, 0.4) is 0 Å². The van der Waals surface area contributed by atoms with E-state index in [1.54, 1.807) is 29.6 Å². The molecule has 0 aliphatic carbocycles. The Balaban J connectivity index is 1.52. The van der Waals surface area contributed by atoms with Gasteiger partial charge in [0.15, 0.2) is 5.13 Å². The van der Waals surface area contributed by atoms with E-state index in [2.05, 4.69) is 10.3 Å². The van der Waals surface area contributed by atoms with Crippen LogP contribution in [0.5, 0.6) is 5.75 Å². The molecule has 0 bridgehead atoms. The number of fused-ring (bicyclic) bond motifs is 1. The smallest absolute Gasteiger partial charge is 0.258 e. The van der Waals surface area contributed by atoms with E-state index < -0.39 is 11.9 Å². The number of aromatic hydroxyl groups is 1. The van der Waals surface area contributed by atoms with Crippen molar-refractivity contribution in [2.75, 3.05) is 11.9 Å². The van der Waals surface area contributed by atoms with Crippen molar-refractivity contribution in [1.29, 1.82) is 0 Å². The molecule has 30 heavy (non-hydrogen) atoms. The van der Waals surface area contributed by atoms with E-state index in [0.717, 1.165) is 5.39 Å². The number of hydrogen-bond donors (Lipinski definition) is 3. The molecule has 1 aromatic heterocycles. The molecule has 9 heteroatoms. The predicted molar refractivity (Wildman–Crippen MR) is 113 cm³/mol. The second kappa shape index (κ2) is 8.11. The molecular weight excluding hydrogens is 404 g/mol. The summed E-state index contributed by atoms with van der Waals surface area (Å²) in [5.74, 6) is -1.31. The number of nitrogens with zero attached hydrogens (tertiary/aromatic N) is 2. The number of thiazole rings is 1. The fraction of sp³-hybridized carbons (Fsp3) is 0.238. The Bertz CT molecular complexity index is 1140. The lowest BCUT2D eigenvalue weighted by atomic mass is 10.0. The molecule has 1 atom stereocenters. The average Bonchev–Trinajstić information content (AvgIpc) is 3.37. The molecule has 0 saturated carbocycles. The molecule has 1 saturated heterocycles. The van der Waals surface area contributed by atoms with Crippen molar-refractivity contribution in [2.24, 2.45) is 5.73 Å². The summed E-state index contributed by atoms with van der Waals surface area (Å²) < 4.78 is 0. The summed E-state index contributed by atoms with van der Waals surface area (Å²) in [4.78, 5) is 42.6. The molecule has 1 aliphatic rings. The van der Waals surface area contributed by atoms with Gasteiger partial charge >= 0.3 is 0 Å². The monoisotopic (exact) mass is 424 g/mol. The number of hydrogen-bond acceptors (Lipinski definition) is 6. The quantitative estimate of drug-likeness (QED) is 0.579. The predicted octanol–water partition coefficient (Wildman–Crippen LogP) is 2.27. The van der Waals surface area contributed by atoms with Crippen LogP contribution in [0.4, 0.5) is 5.13 Å². The molecule has 1 unspecified atom stereocenters. The van der Waals surface area contributed by atoms with Gasteiger partial charge in [0, 0.05) is 17.3 Å². The Morgan fingerprint density at radius 2 is 2.03 bits per heavy atom. The number of carbonyl (C=O) groups is 3. The fourth-order valence-electron chi connectivity index (χ4n) is 3.68. The number of likely N-dealkylation sites (tertiary alicyclic amines) is 1. The molecule has 0 radical (unpaired) electrons. The number of carbonyl (C=O) groups excluding carboxylic acids is 3. The Kier molecular flexibility index (Phi) is 5.37. The van der Waals surface area contributed by atoms with Crippen LogP contribution in [-0.2, 0) is 16.0 Å². The average molecular weight is 424 g/mol. The first-order chi connectivity index (χ1) is 14.4. The summed E-state index contributed by atoms with van der Waals surface area (Å²) in [6.07, 6.45) is 1.20. The van der Waals surface area contributed by atoms with Gasteiger partial charge in [-0.1, -0.05) is 30.3 Å². The van der Waals surface area contributed by atoms with E-state index >= 15 is 0 Å². The largest absolute Gasteiger partial charge is 0.506 e. The first kappa shape index (κ1) is 19.8. The fourth-order valence-corrected chi connectivity index (χ4v) is 4.39. The van der Waals surface area contributed by atoms with Gasteiger partial charge in [0.1, 0.15) is 11.8 Å². The number of benzene rings is 2. The summed E-state index contributed by atoms with van der Waals surface area (Å²) >= 11 is 1.19. The first-order valence-electron chi connectivity index (χ1n) is 9.49. The molecule has 154 valence electrons. The Morgan fingerprint density at radius 1 is 1.23 bits per heavy atom. The number of phenolic OH excluding ortho intramolecular Hbond substituents is 1. The molecule has 2 aromatic carbocycles. The highest BCUT2D eigenvalue weighted by Crippen LogP contribution is 2.31. The van der Waals surface area contributed by atoms with Gasteiger partial charge in [0.05, 0.1) is 17.7 Å². The van der Waals surface area contributed by atoms with Gasteiger partial charge < -0.3 is 21.1 Å². The molecule has 1 aliphatic heterocycles. The van der Waals surface area contributed by atoms with Gasteiger partial charge in [-0.2, -0.15) is 0 Å². The number of aromatic nitrogens is 1. The third-order valence-corrected chi connectivity index (χ3v) is 5.89. The lowest BCUT2D eigenvalue weighted by Crippen LogP contribution is -2.43. The summed E-state index contributed by atoms with van der Waals surface area (Å²) in [5, 5.41) is 16.8. The lowest BCUT2D eigenvalue weighted by Gasteiger charge is -2.24. The summed E-state index contributed by atoms with van der Waals surface area (Å²) in [6.45, 7) is 0.425. The number of phenols is 1. The molecule has 8 nitrogen and oxygen atoms in total. The van der Waals surface area contributed by atoms with E-state index in [1.807, 2.05) is 12.1 Å². The highest BCUT2D eigenvalue weighted by molar-refractivity contribution is 7.13. The molecule has 4 rings (SSSR count). The molecule has 3 amide bonds. The van der Waals surface area contributed by atoms with Gasteiger partial charge in [-0.05, 0) is 24.3 Å². The van der Waals surface area contributed by atoms with Crippen LogP contribution < -0.4 is 11.1 Å². The molecule has 4 N–H and O–H groups in total. The Labute approximate surface area is 176 Å². The SMILES string of the molecule is NC(=O)Cc1csc(NC(=O)C2CCCN2C(=O)c2ccc3ccccc3c2O)n1. The standard InChI is InChI=1S/C21H20N4O4S/c22-17(26)10-13-11-30-21(23-13)24-19(28)16-6-3-9-25(16)20(29)15-8-7-12-4-1-2-5-14(12)18(15)27/h1-2,4-5,7-8,11,16,27H,3,6,9-10H2,(H2,22,26)(H,23,24,28). The first-order valence-corrected chi connectivity index (χ1v) is 10.4. The normalized spacial score (nSPS) is 16.0. The van der Waals surface area contributed by atoms with E-state index in [4.69, 9.17) is 5.73 Å². The Hall–Kier alpha value is -3.46. The zero-order valence-corrected chi connectivity index (χ0v) is 16.8. The van der Waals surface area contributed by atoms with Crippen molar-refractivity contribution in [1.82, 2.24) is 9.88 Å². The molecule has 0 spiro atoms. The number of nitrogens with one attached hydrogen (secondary N) is 1. The van der Waals surface area contributed by atoms with E-state index in [0.29, 0.717) is 35.6 Å². The summed E-state index contributed by atoms with van der Waals surface area (Å²) in [5.41, 5.74) is 5.82. The summed E-state index contributed by atoms with van der Waals surface area (Å²) in [6, 6.07) is 9.97. The molecular formula is C21H20N4O4S. The van der Waals surface area contributed by atoms with Crippen molar-refractivity contribution >= 4 is 45.0 Å². The topological polar surface area (TPSA) is 126 Å². The molecule has 3 aromatic rings. The van der Waals surface area contributed by atoms with Gasteiger partial charge in [0.25, 0.3) is 5.91 Å². The van der Waals surface area contributed by atoms with E-state index in [1.165, 1.54) is 16.2 Å². The maximum Gasteiger partial charge on any atom is 0.258 e. The lowest BCUT2D eigenvalue weighted by molar-refractivity contribution is -0.119. The zero-order chi connectivity index (χ0) is 21.3. The number of anilines is 1. The number of nitrogens with two attached hydrogens (primary N) is 1. The number of amides is 3. The van der Waals surface area contributed by atoms with Crippen molar-refractivity contribution in [3.8, 4) is 5.75 Å². The van der Waals surface area contributed by atoms with Crippen molar-refractivity contribution < 1.29 is 19.5 Å². The third-order valence-electron chi connectivity index (χ3n) is 5.08. The van der Waals surface area contributed by atoms with Crippen molar-refractivity contribution in [3.63, 3.8) is 0 Å². The minimum atomic E-state index is -0.660. The summed E-state index contributed by atoms with van der Waals surface area (Å²) in [7, 11) is 0. The highest BCUT2D eigenvalue weighted by Gasteiger charge is 2.36. The van der Waals surface area contributed by atoms with Crippen LogP contribution in [0.1, 0.15) is 28.9 Å². The van der Waals surface area contributed by atoms with Crippen LogP contribution in [0.15, 0.2) is 41.8 Å². The minimum absolute atomic E-state index is 0.00164. The second-order valence-corrected chi connectivity index (χ2v) is 7.97. The zero-order valence-electron chi connectivity index (χ0n) is 16.0. The molecule has 1 fully saturated rings. The molecule has 2 heterocycles. The van der Waals surface area contributed by atoms with E-state index in [-0.39, 0.29) is 29.5 Å². The maximum atomic E-state index is 13.1. The van der Waals surface area contributed by atoms with Crippen LogP contribution in [0, 0.1) is 0 Å². The van der Waals surface area contributed by atoms with E-state index in [9.17, 15) is 19.5 Å². The van der Waals surface area contributed by atoms with Crippen LogP contribution in [0.25, 0.3) is 10.8 Å². The van der Waals surface area contributed by atoms with Gasteiger partial charge in [-0.3, -0.25) is 14.4 Å². The minimum Gasteiger partial charge on any atom is -0.506 e. The van der Waals surface area contributed by atoms with Gasteiger partial charge in [-0.25, -0.2) is 4.98 Å². The van der Waals surface area contributed by atoms with Gasteiger partial charge in [0.2, 0.25) is 11.8 Å². The second-order valence-electron chi connectivity index (χ2n) is 7.12. The Morgan fingerprint density at radius 3 is 2.83 bits per heavy atom. The highest BCUT2D eigenvalue weighted by atomic mass is 32.1. The van der Waals surface area contributed by atoms with Crippen LogP contribution in [-0.4, -0.2) is 45.3 Å². The van der Waals surface area contributed by atoms with Crippen LogP contribution >= 0.6 is 11.3 Å². The van der Waals surface area contributed by atoms with Crippen molar-refractivity contribution in [3.05, 3.63) is 53.0 Å².